The molecule has 2 fully saturated rings. The molecule has 102 valence electrons. The Bertz CT molecular complexity index is 512. The highest BCUT2D eigenvalue weighted by Gasteiger charge is 2.42. The van der Waals surface area contributed by atoms with Gasteiger partial charge in [0.05, 0.1) is 5.92 Å². The average molecular weight is 270 g/mol. The third kappa shape index (κ3) is 2.20. The maximum atomic E-state index is 13.0. The molecule has 0 saturated carbocycles. The van der Waals surface area contributed by atoms with Crippen molar-refractivity contribution in [2.24, 2.45) is 5.92 Å². The van der Waals surface area contributed by atoms with E-state index in [9.17, 15) is 18.0 Å². The summed E-state index contributed by atoms with van der Waals surface area (Å²) < 4.78 is 38.9. The molecule has 0 aliphatic carbocycles. The fourth-order valence-electron chi connectivity index (χ4n) is 2.98. The molecule has 2 aliphatic rings. The van der Waals surface area contributed by atoms with Crippen LogP contribution in [0.5, 0.6) is 0 Å². The van der Waals surface area contributed by atoms with Crippen LogP contribution < -0.4 is 10.6 Å². The van der Waals surface area contributed by atoms with E-state index < -0.39 is 17.5 Å². The van der Waals surface area contributed by atoms with Crippen molar-refractivity contribution in [2.75, 3.05) is 5.32 Å². The first kappa shape index (κ1) is 12.5. The highest BCUT2D eigenvalue weighted by Crippen LogP contribution is 2.34. The molecule has 2 aliphatic heterocycles. The number of hydrogen-bond acceptors (Lipinski definition) is 2. The molecule has 3 atom stereocenters. The second-order valence-electron chi connectivity index (χ2n) is 5.13. The summed E-state index contributed by atoms with van der Waals surface area (Å²) in [6.07, 6.45) is 2.74. The van der Waals surface area contributed by atoms with Crippen molar-refractivity contribution in [3.05, 3.63) is 29.6 Å². The van der Waals surface area contributed by atoms with Crippen LogP contribution in [-0.2, 0) is 4.79 Å². The van der Waals surface area contributed by atoms with Crippen LogP contribution in [0.4, 0.5) is 18.9 Å². The normalized spacial score (nSPS) is 28.7. The maximum Gasteiger partial charge on any atom is 0.229 e. The summed E-state index contributed by atoms with van der Waals surface area (Å²) in [6, 6.07) is 2.08. The van der Waals surface area contributed by atoms with Gasteiger partial charge in [-0.1, -0.05) is 0 Å². The molecule has 2 heterocycles. The van der Waals surface area contributed by atoms with E-state index in [1.165, 1.54) is 0 Å². The summed E-state index contributed by atoms with van der Waals surface area (Å²) in [6.45, 7) is 0. The summed E-state index contributed by atoms with van der Waals surface area (Å²) in [4.78, 5) is 12.0. The van der Waals surface area contributed by atoms with E-state index >= 15 is 0 Å². The number of amides is 1. The van der Waals surface area contributed by atoms with Crippen LogP contribution in [0.25, 0.3) is 0 Å². The topological polar surface area (TPSA) is 41.1 Å². The lowest BCUT2D eigenvalue weighted by atomic mass is 9.88. The van der Waals surface area contributed by atoms with E-state index in [0.29, 0.717) is 6.04 Å². The first-order valence-electron chi connectivity index (χ1n) is 6.26. The fraction of sp³-hybridized carbons (Fsp3) is 0.462. The van der Waals surface area contributed by atoms with E-state index in [-0.39, 0.29) is 23.6 Å². The quantitative estimate of drug-likeness (QED) is 0.809. The van der Waals surface area contributed by atoms with Crippen LogP contribution in [0, 0.1) is 23.4 Å². The third-order valence-electron chi connectivity index (χ3n) is 3.89. The van der Waals surface area contributed by atoms with Crippen molar-refractivity contribution < 1.29 is 18.0 Å². The number of anilines is 1. The van der Waals surface area contributed by atoms with Crippen LogP contribution in [0.15, 0.2) is 12.1 Å². The molecular formula is C13H13F3N2O. The van der Waals surface area contributed by atoms with Gasteiger partial charge in [-0.25, -0.2) is 13.2 Å². The second kappa shape index (κ2) is 4.52. The Morgan fingerprint density at radius 2 is 1.89 bits per heavy atom. The molecule has 2 saturated heterocycles. The molecule has 3 nitrogen and oxygen atoms in total. The SMILES string of the molecule is O=C(Nc1cc(F)c(F)c(F)c1)C1CC2CCC1N2. The molecule has 3 rings (SSSR count). The summed E-state index contributed by atoms with van der Waals surface area (Å²) in [5.41, 5.74) is -0.0517. The van der Waals surface area contributed by atoms with Gasteiger partial charge in [-0.15, -0.1) is 0 Å². The van der Waals surface area contributed by atoms with Gasteiger partial charge in [0.2, 0.25) is 5.91 Å². The third-order valence-corrected chi connectivity index (χ3v) is 3.89. The molecule has 3 unspecified atom stereocenters. The highest BCUT2D eigenvalue weighted by atomic mass is 19.2. The summed E-state index contributed by atoms with van der Waals surface area (Å²) in [5.74, 6) is -4.60. The van der Waals surface area contributed by atoms with Crippen molar-refractivity contribution in [3.8, 4) is 0 Å². The largest absolute Gasteiger partial charge is 0.326 e. The lowest BCUT2D eigenvalue weighted by Crippen LogP contribution is -2.32. The lowest BCUT2D eigenvalue weighted by Gasteiger charge is -2.19. The van der Waals surface area contributed by atoms with Gasteiger partial charge >= 0.3 is 0 Å². The molecule has 1 aromatic rings. The molecule has 6 heteroatoms. The zero-order chi connectivity index (χ0) is 13.6. The first-order valence-corrected chi connectivity index (χ1v) is 6.26. The maximum absolute atomic E-state index is 13.0. The van der Waals surface area contributed by atoms with Gasteiger partial charge in [-0.3, -0.25) is 4.79 Å². The van der Waals surface area contributed by atoms with Crippen LogP contribution in [-0.4, -0.2) is 18.0 Å². The zero-order valence-electron chi connectivity index (χ0n) is 10.1. The molecule has 0 spiro atoms. The van der Waals surface area contributed by atoms with Gasteiger partial charge in [0.25, 0.3) is 0 Å². The molecule has 1 aromatic carbocycles. The first-order chi connectivity index (χ1) is 9.04. The van der Waals surface area contributed by atoms with E-state index in [0.717, 1.165) is 31.4 Å². The standard InChI is InChI=1S/C13H13F3N2O/c14-9-4-7(5-10(15)12(9)16)18-13(19)8-3-6-1-2-11(8)17-6/h4-6,8,11,17H,1-3H2,(H,18,19). The summed E-state index contributed by atoms with van der Waals surface area (Å²) >= 11 is 0. The molecule has 1 amide bonds. The van der Waals surface area contributed by atoms with Gasteiger partial charge in [0.1, 0.15) is 0 Å². The van der Waals surface area contributed by atoms with Crippen molar-refractivity contribution >= 4 is 11.6 Å². The zero-order valence-corrected chi connectivity index (χ0v) is 10.1. The fourth-order valence-corrected chi connectivity index (χ4v) is 2.98. The smallest absolute Gasteiger partial charge is 0.229 e. The number of benzene rings is 1. The molecule has 0 radical (unpaired) electrons. The van der Waals surface area contributed by atoms with Gasteiger partial charge in [0, 0.05) is 29.9 Å². The van der Waals surface area contributed by atoms with Gasteiger partial charge in [-0.05, 0) is 19.3 Å². The van der Waals surface area contributed by atoms with Gasteiger partial charge in [-0.2, -0.15) is 0 Å². The van der Waals surface area contributed by atoms with Crippen LogP contribution in [0.3, 0.4) is 0 Å². The van der Waals surface area contributed by atoms with Gasteiger partial charge < -0.3 is 10.6 Å². The number of carbonyl (C=O) groups is 1. The van der Waals surface area contributed by atoms with Crippen LogP contribution in [0.1, 0.15) is 19.3 Å². The van der Waals surface area contributed by atoms with Crippen molar-refractivity contribution in [1.29, 1.82) is 0 Å². The Balaban J connectivity index is 1.73. The monoisotopic (exact) mass is 270 g/mol. The average Bonchev–Trinajstić information content (AvgIpc) is 2.98. The Labute approximate surface area is 108 Å². The summed E-state index contributed by atoms with van der Waals surface area (Å²) in [7, 11) is 0. The van der Waals surface area contributed by atoms with E-state index in [1.54, 1.807) is 0 Å². The van der Waals surface area contributed by atoms with E-state index in [2.05, 4.69) is 10.6 Å². The Hall–Kier alpha value is -1.56. The van der Waals surface area contributed by atoms with E-state index in [4.69, 9.17) is 0 Å². The Morgan fingerprint density at radius 3 is 2.42 bits per heavy atom. The minimum absolute atomic E-state index is 0.0517. The lowest BCUT2D eigenvalue weighted by molar-refractivity contribution is -0.120. The summed E-state index contributed by atoms with van der Waals surface area (Å²) in [5, 5.41) is 5.76. The molecule has 2 bridgehead atoms. The Kier molecular flexibility index (Phi) is 2.97. The Morgan fingerprint density at radius 1 is 1.21 bits per heavy atom. The van der Waals surface area contributed by atoms with Crippen molar-refractivity contribution in [2.45, 2.75) is 31.3 Å². The number of hydrogen-bond donors (Lipinski definition) is 2. The second-order valence-corrected chi connectivity index (χ2v) is 5.13. The molecule has 0 aromatic heterocycles. The number of nitrogens with one attached hydrogen (secondary N) is 2. The van der Waals surface area contributed by atoms with Gasteiger partial charge in [0.15, 0.2) is 17.5 Å². The molecule has 19 heavy (non-hydrogen) atoms. The highest BCUT2D eigenvalue weighted by molar-refractivity contribution is 5.93. The molecular weight excluding hydrogens is 257 g/mol. The minimum atomic E-state index is -1.53. The number of carbonyl (C=O) groups excluding carboxylic acids is 1. The number of rotatable bonds is 2. The predicted octanol–water partition coefficient (Wildman–Crippen LogP) is 2.18. The van der Waals surface area contributed by atoms with Crippen molar-refractivity contribution in [3.63, 3.8) is 0 Å². The molecule has 2 N–H and O–H groups in total. The van der Waals surface area contributed by atoms with E-state index in [1.807, 2.05) is 0 Å². The number of fused-ring (bicyclic) bond motifs is 2. The number of halogens is 3. The van der Waals surface area contributed by atoms with Crippen LogP contribution >= 0.6 is 0 Å². The van der Waals surface area contributed by atoms with Crippen LogP contribution in [0.2, 0.25) is 0 Å². The minimum Gasteiger partial charge on any atom is -0.326 e. The predicted molar refractivity (Wildman–Crippen MR) is 63.0 cm³/mol. The van der Waals surface area contributed by atoms with Crippen molar-refractivity contribution in [1.82, 2.24) is 5.32 Å².